The van der Waals surface area contributed by atoms with E-state index in [1.54, 1.807) is 13.0 Å². The standard InChI is InChI=1S/C34H33F3N6O2/c1-2-5-26-28-31(29(37)30(39-26)24-13-23(44)12-19-6-3-7-25(36)27(19)24)40-33(41-32(28)42-16-21-8-9-22(17-42)38-21)45-18-34-10-4-11-43(34)15-20(35)14-34/h3,6-7,12-13,20-22,38,44H,4,8-11,14-18H2,1H3/t20-,21-,22+,34+/m1/s1. The second-order valence-corrected chi connectivity index (χ2v) is 12.8. The molecule has 6 heterocycles. The third-order valence-electron chi connectivity index (χ3n) is 9.90. The highest BCUT2D eigenvalue weighted by Crippen LogP contribution is 2.42. The van der Waals surface area contributed by atoms with E-state index in [2.05, 4.69) is 36.9 Å². The number of pyridine rings is 1. The number of phenols is 1. The SMILES string of the molecule is CC#Cc1nc(-c2cc(O)cc3cccc(F)c23)c(F)c2nc(OC[C@@]34CCCN3C[C@H](F)C4)nc(N3C[C@H]4CC[C@@H](C3)N4)c12. The molecule has 11 heteroatoms. The number of phenolic OH excluding ortho intramolecular Hbond substituents is 1. The molecule has 0 amide bonds. The fourth-order valence-electron chi connectivity index (χ4n) is 7.99. The average Bonchev–Trinajstić information content (AvgIpc) is 3.67. The number of hydrogen-bond donors (Lipinski definition) is 2. The first-order chi connectivity index (χ1) is 21.8. The smallest absolute Gasteiger partial charge is 0.319 e. The third kappa shape index (κ3) is 4.73. The van der Waals surface area contributed by atoms with Crippen LogP contribution in [0.2, 0.25) is 0 Å². The number of halogens is 3. The highest BCUT2D eigenvalue weighted by atomic mass is 19.1. The van der Waals surface area contributed by atoms with Crippen LogP contribution in [-0.2, 0) is 0 Å². The van der Waals surface area contributed by atoms with Crippen LogP contribution in [0.25, 0.3) is 32.9 Å². The second-order valence-electron chi connectivity index (χ2n) is 12.8. The lowest BCUT2D eigenvalue weighted by molar-refractivity contribution is 0.107. The number of aromatic nitrogens is 3. The molecule has 0 aliphatic carbocycles. The molecule has 4 fully saturated rings. The Bertz CT molecular complexity index is 1900. The van der Waals surface area contributed by atoms with Gasteiger partial charge in [0.05, 0.1) is 10.9 Å². The predicted octanol–water partition coefficient (Wildman–Crippen LogP) is 5.10. The average molecular weight is 615 g/mol. The number of piperazine rings is 1. The number of ether oxygens (including phenoxy) is 1. The summed E-state index contributed by atoms with van der Waals surface area (Å²) in [5, 5.41) is 15.0. The summed E-state index contributed by atoms with van der Waals surface area (Å²) in [7, 11) is 0. The van der Waals surface area contributed by atoms with E-state index in [1.807, 2.05) is 0 Å². The molecular weight excluding hydrogens is 581 g/mol. The lowest BCUT2D eigenvalue weighted by atomic mass is 9.95. The maximum atomic E-state index is 16.9. The van der Waals surface area contributed by atoms with Gasteiger partial charge in [-0.25, -0.2) is 18.2 Å². The summed E-state index contributed by atoms with van der Waals surface area (Å²) < 4.78 is 52.9. The van der Waals surface area contributed by atoms with Crippen molar-refractivity contribution in [3.63, 3.8) is 0 Å². The molecule has 0 spiro atoms. The summed E-state index contributed by atoms with van der Waals surface area (Å²) in [5.74, 6) is 4.86. The van der Waals surface area contributed by atoms with E-state index in [0.717, 1.165) is 32.2 Å². The molecule has 2 aromatic heterocycles. The zero-order valence-corrected chi connectivity index (χ0v) is 24.9. The summed E-state index contributed by atoms with van der Waals surface area (Å²) in [6.07, 6.45) is 3.29. The molecule has 0 unspecified atom stereocenters. The van der Waals surface area contributed by atoms with Gasteiger partial charge in [0.25, 0.3) is 0 Å². The van der Waals surface area contributed by atoms with Crippen LogP contribution < -0.4 is 15.0 Å². The van der Waals surface area contributed by atoms with Crippen molar-refractivity contribution in [3.05, 3.63) is 47.7 Å². The van der Waals surface area contributed by atoms with E-state index >= 15 is 8.78 Å². The van der Waals surface area contributed by atoms with Crippen molar-refractivity contribution >= 4 is 27.5 Å². The van der Waals surface area contributed by atoms with E-state index < -0.39 is 23.3 Å². The summed E-state index contributed by atoms with van der Waals surface area (Å²) in [6.45, 7) is 4.37. The molecule has 4 aromatic rings. The highest BCUT2D eigenvalue weighted by molar-refractivity contribution is 6.01. The Balaban J connectivity index is 1.33. The number of alkyl halides is 1. The predicted molar refractivity (Wildman–Crippen MR) is 165 cm³/mol. The molecule has 2 bridgehead atoms. The summed E-state index contributed by atoms with van der Waals surface area (Å²) in [4.78, 5) is 18.4. The Kier molecular flexibility index (Phi) is 6.76. The van der Waals surface area contributed by atoms with E-state index in [1.165, 1.54) is 24.3 Å². The molecule has 4 aliphatic heterocycles. The monoisotopic (exact) mass is 614 g/mol. The van der Waals surface area contributed by atoms with Gasteiger partial charge in [-0.3, -0.25) is 4.90 Å². The molecule has 232 valence electrons. The minimum absolute atomic E-state index is 0.00896. The van der Waals surface area contributed by atoms with Crippen LogP contribution in [-0.4, -0.2) is 81.5 Å². The fourth-order valence-corrected chi connectivity index (χ4v) is 7.99. The number of benzene rings is 2. The number of nitrogens with one attached hydrogen (secondary N) is 1. The van der Waals surface area contributed by atoms with Crippen molar-refractivity contribution in [2.45, 2.75) is 62.8 Å². The van der Waals surface area contributed by atoms with Crippen molar-refractivity contribution in [1.82, 2.24) is 25.2 Å². The molecule has 2 N–H and O–H groups in total. The Hall–Kier alpha value is -4.14. The third-order valence-corrected chi connectivity index (χ3v) is 9.90. The van der Waals surface area contributed by atoms with Crippen LogP contribution in [0.15, 0.2) is 30.3 Å². The van der Waals surface area contributed by atoms with Crippen molar-refractivity contribution in [3.8, 4) is 34.9 Å². The number of rotatable bonds is 5. The van der Waals surface area contributed by atoms with Crippen molar-refractivity contribution < 1.29 is 23.0 Å². The summed E-state index contributed by atoms with van der Waals surface area (Å²) in [5.41, 5.74) is -0.332. The minimum atomic E-state index is -0.919. The minimum Gasteiger partial charge on any atom is -0.508 e. The summed E-state index contributed by atoms with van der Waals surface area (Å²) >= 11 is 0. The highest BCUT2D eigenvalue weighted by Gasteiger charge is 2.49. The van der Waals surface area contributed by atoms with Crippen molar-refractivity contribution in [2.75, 3.05) is 37.7 Å². The summed E-state index contributed by atoms with van der Waals surface area (Å²) in [6, 6.07) is 7.72. The number of anilines is 1. The van der Waals surface area contributed by atoms with Crippen LogP contribution in [0.4, 0.5) is 19.0 Å². The Morgan fingerprint density at radius 1 is 1.09 bits per heavy atom. The molecule has 8 rings (SSSR count). The zero-order chi connectivity index (χ0) is 30.9. The second kappa shape index (κ2) is 10.7. The van der Waals surface area contributed by atoms with E-state index in [-0.39, 0.29) is 58.3 Å². The van der Waals surface area contributed by atoms with E-state index in [9.17, 15) is 9.50 Å². The lowest BCUT2D eigenvalue weighted by Crippen LogP contribution is -2.51. The van der Waals surface area contributed by atoms with Gasteiger partial charge in [-0.15, -0.1) is 0 Å². The van der Waals surface area contributed by atoms with Crippen LogP contribution in [0.5, 0.6) is 11.8 Å². The van der Waals surface area contributed by atoms with Gasteiger partial charge >= 0.3 is 6.01 Å². The normalized spacial score (nSPS) is 26.0. The van der Waals surface area contributed by atoms with Crippen LogP contribution in [0.3, 0.4) is 0 Å². The maximum absolute atomic E-state index is 16.9. The Labute approximate surface area is 258 Å². The molecule has 2 aromatic carbocycles. The molecule has 4 atom stereocenters. The molecule has 0 saturated carbocycles. The zero-order valence-electron chi connectivity index (χ0n) is 24.9. The molecule has 0 radical (unpaired) electrons. The largest absolute Gasteiger partial charge is 0.508 e. The van der Waals surface area contributed by atoms with Gasteiger partial charge in [0, 0.05) is 49.1 Å². The van der Waals surface area contributed by atoms with Gasteiger partial charge in [-0.05, 0) is 68.7 Å². The molecule has 45 heavy (non-hydrogen) atoms. The molecule has 4 saturated heterocycles. The molecular formula is C34H33F3N6O2. The van der Waals surface area contributed by atoms with E-state index in [0.29, 0.717) is 42.6 Å². The molecule has 8 nitrogen and oxygen atoms in total. The van der Waals surface area contributed by atoms with Gasteiger partial charge in [-0.1, -0.05) is 18.1 Å². The van der Waals surface area contributed by atoms with Gasteiger partial charge in [-0.2, -0.15) is 9.97 Å². The van der Waals surface area contributed by atoms with Gasteiger partial charge in [0.15, 0.2) is 5.82 Å². The lowest BCUT2D eigenvalue weighted by Gasteiger charge is -2.35. The quantitative estimate of drug-likeness (QED) is 0.301. The van der Waals surface area contributed by atoms with Crippen molar-refractivity contribution in [2.24, 2.45) is 0 Å². The Morgan fingerprint density at radius 3 is 2.71 bits per heavy atom. The number of hydrogen-bond acceptors (Lipinski definition) is 8. The fraction of sp³-hybridized carbons (Fsp3) is 0.441. The van der Waals surface area contributed by atoms with Crippen molar-refractivity contribution in [1.29, 1.82) is 0 Å². The van der Waals surface area contributed by atoms with E-state index in [4.69, 9.17) is 9.72 Å². The number of nitrogens with zero attached hydrogens (tertiary/aromatic N) is 5. The van der Waals surface area contributed by atoms with Crippen LogP contribution in [0.1, 0.15) is 44.7 Å². The first-order valence-electron chi connectivity index (χ1n) is 15.6. The maximum Gasteiger partial charge on any atom is 0.319 e. The van der Waals surface area contributed by atoms with Gasteiger partial charge in [0.2, 0.25) is 0 Å². The van der Waals surface area contributed by atoms with Gasteiger partial charge in [0.1, 0.15) is 47.1 Å². The van der Waals surface area contributed by atoms with Crippen LogP contribution in [0, 0.1) is 23.5 Å². The first-order valence-corrected chi connectivity index (χ1v) is 15.6. The number of aromatic hydroxyl groups is 1. The number of fused-ring (bicyclic) bond motifs is 5. The first kappa shape index (κ1) is 28.3. The van der Waals surface area contributed by atoms with Gasteiger partial charge < -0.3 is 20.1 Å². The van der Waals surface area contributed by atoms with Crippen LogP contribution >= 0.6 is 0 Å². The topological polar surface area (TPSA) is 86.6 Å². The Morgan fingerprint density at radius 2 is 1.91 bits per heavy atom. The molecule has 4 aliphatic rings.